The highest BCUT2D eigenvalue weighted by molar-refractivity contribution is 6.20. The van der Waals surface area contributed by atoms with Gasteiger partial charge in [-0.3, -0.25) is 0 Å². The highest BCUT2D eigenvalue weighted by Gasteiger charge is 2.37. The average molecular weight is 623 g/mol. The summed E-state index contributed by atoms with van der Waals surface area (Å²) in [4.78, 5) is 0. The third-order valence-corrected chi connectivity index (χ3v) is 11.0. The van der Waals surface area contributed by atoms with Gasteiger partial charge in [-0.2, -0.15) is 0 Å². The molecule has 0 aliphatic heterocycles. The van der Waals surface area contributed by atoms with Gasteiger partial charge >= 0.3 is 0 Å². The molecule has 0 spiro atoms. The van der Waals surface area contributed by atoms with Crippen LogP contribution in [0.5, 0.6) is 0 Å². The van der Waals surface area contributed by atoms with Crippen molar-refractivity contribution in [3.63, 3.8) is 0 Å². The van der Waals surface area contributed by atoms with Crippen molar-refractivity contribution >= 4 is 43.1 Å². The molecular formula is C49H34. The molecule has 49 heavy (non-hydrogen) atoms. The van der Waals surface area contributed by atoms with Crippen molar-refractivity contribution in [2.75, 3.05) is 0 Å². The first kappa shape index (κ1) is 28.1. The minimum absolute atomic E-state index is 0.0842. The number of hydrogen-bond donors (Lipinski definition) is 0. The van der Waals surface area contributed by atoms with E-state index in [1.807, 2.05) is 0 Å². The van der Waals surface area contributed by atoms with Crippen molar-refractivity contribution < 1.29 is 0 Å². The fourth-order valence-electron chi connectivity index (χ4n) is 8.72. The van der Waals surface area contributed by atoms with Gasteiger partial charge in [0.2, 0.25) is 0 Å². The van der Waals surface area contributed by atoms with Gasteiger partial charge < -0.3 is 0 Å². The second-order valence-electron chi connectivity index (χ2n) is 14.0. The van der Waals surface area contributed by atoms with Crippen LogP contribution in [0.1, 0.15) is 25.0 Å². The Morgan fingerprint density at radius 3 is 1.76 bits per heavy atom. The molecule has 1 aliphatic carbocycles. The maximum atomic E-state index is 2.49. The summed E-state index contributed by atoms with van der Waals surface area (Å²) in [7, 11) is 0. The molecule has 0 saturated carbocycles. The van der Waals surface area contributed by atoms with Crippen LogP contribution < -0.4 is 0 Å². The second kappa shape index (κ2) is 10.5. The molecular weight excluding hydrogens is 589 g/mol. The largest absolute Gasteiger partial charge is 0.0619 e. The summed E-state index contributed by atoms with van der Waals surface area (Å²) in [6.07, 6.45) is 0. The first-order chi connectivity index (χ1) is 24.1. The molecule has 10 rings (SSSR count). The van der Waals surface area contributed by atoms with Gasteiger partial charge in [0.15, 0.2) is 0 Å². The molecule has 0 heterocycles. The standard InChI is InChI=1S/C49H34/c1-49(2)45-25-12-11-24-42(45)48-40-23-10-9-22-39(40)44(30-46(48)49)38-21-8-7-19-36(38)32-16-13-17-34(28-32)47-37-20-6-4-15-33(37)29-43-35-18-5-3-14-31(35)26-27-41(43)47/h3-30H,1-2H3. The summed E-state index contributed by atoms with van der Waals surface area (Å²) in [6.45, 7) is 4.76. The molecule has 0 saturated heterocycles. The fourth-order valence-corrected chi connectivity index (χ4v) is 8.72. The van der Waals surface area contributed by atoms with Gasteiger partial charge in [0.1, 0.15) is 0 Å². The predicted molar refractivity (Wildman–Crippen MR) is 210 cm³/mol. The average Bonchev–Trinajstić information content (AvgIpc) is 3.39. The van der Waals surface area contributed by atoms with E-state index in [2.05, 4.69) is 184 Å². The van der Waals surface area contributed by atoms with Gasteiger partial charge in [-0.15, -0.1) is 0 Å². The fraction of sp³-hybridized carbons (Fsp3) is 0.0612. The molecule has 0 bridgehead atoms. The lowest BCUT2D eigenvalue weighted by atomic mass is 9.80. The van der Waals surface area contributed by atoms with E-state index in [1.165, 1.54) is 98.7 Å². The molecule has 0 unspecified atom stereocenters. The minimum Gasteiger partial charge on any atom is -0.0619 e. The normalized spacial score (nSPS) is 13.3. The second-order valence-corrected chi connectivity index (χ2v) is 14.0. The summed E-state index contributed by atoms with van der Waals surface area (Å²) in [5.41, 5.74) is 13.0. The van der Waals surface area contributed by atoms with Crippen LogP contribution in [0, 0.1) is 0 Å². The Labute approximate surface area is 286 Å². The zero-order valence-corrected chi connectivity index (χ0v) is 27.7. The lowest BCUT2D eigenvalue weighted by Gasteiger charge is -2.23. The molecule has 0 radical (unpaired) electrons. The van der Waals surface area contributed by atoms with Crippen molar-refractivity contribution in [3.8, 4) is 44.5 Å². The summed E-state index contributed by atoms with van der Waals surface area (Å²) in [6, 6.07) is 63.2. The first-order valence-electron chi connectivity index (χ1n) is 17.3. The van der Waals surface area contributed by atoms with Gasteiger partial charge in [-0.25, -0.2) is 0 Å². The van der Waals surface area contributed by atoms with Crippen molar-refractivity contribution in [3.05, 3.63) is 181 Å². The summed E-state index contributed by atoms with van der Waals surface area (Å²) in [5.74, 6) is 0. The Hall–Kier alpha value is -5.98. The monoisotopic (exact) mass is 622 g/mol. The topological polar surface area (TPSA) is 0 Å². The molecule has 230 valence electrons. The number of benzene rings is 9. The third-order valence-electron chi connectivity index (χ3n) is 11.0. The summed E-state index contributed by atoms with van der Waals surface area (Å²) in [5, 5.41) is 10.3. The molecule has 0 atom stereocenters. The summed E-state index contributed by atoms with van der Waals surface area (Å²) < 4.78 is 0. The van der Waals surface area contributed by atoms with Crippen LogP contribution in [0.4, 0.5) is 0 Å². The molecule has 0 nitrogen and oxygen atoms in total. The maximum absolute atomic E-state index is 2.49. The van der Waals surface area contributed by atoms with Crippen molar-refractivity contribution in [1.82, 2.24) is 0 Å². The highest BCUT2D eigenvalue weighted by atomic mass is 14.4. The zero-order chi connectivity index (χ0) is 32.7. The Balaban J connectivity index is 1.21. The van der Waals surface area contributed by atoms with Gasteiger partial charge in [-0.1, -0.05) is 166 Å². The number of fused-ring (bicyclic) bond motifs is 9. The van der Waals surface area contributed by atoms with Gasteiger partial charge in [0.05, 0.1) is 0 Å². The predicted octanol–water partition coefficient (Wildman–Crippen LogP) is 13.6. The van der Waals surface area contributed by atoms with Crippen LogP contribution in [0.15, 0.2) is 170 Å². The van der Waals surface area contributed by atoms with Crippen molar-refractivity contribution in [1.29, 1.82) is 0 Å². The number of rotatable bonds is 3. The Morgan fingerprint density at radius 2 is 0.918 bits per heavy atom. The van der Waals surface area contributed by atoms with Crippen LogP contribution in [-0.2, 0) is 5.41 Å². The lowest BCUT2D eigenvalue weighted by Crippen LogP contribution is -2.15. The minimum atomic E-state index is -0.0842. The molecule has 9 aromatic rings. The quantitative estimate of drug-likeness (QED) is 0.136. The van der Waals surface area contributed by atoms with E-state index in [4.69, 9.17) is 0 Å². The van der Waals surface area contributed by atoms with Crippen LogP contribution in [0.25, 0.3) is 87.6 Å². The number of hydrogen-bond acceptors (Lipinski definition) is 0. The molecule has 0 fully saturated rings. The van der Waals surface area contributed by atoms with Crippen LogP contribution in [-0.4, -0.2) is 0 Å². The van der Waals surface area contributed by atoms with E-state index in [0.29, 0.717) is 0 Å². The Bertz CT molecular complexity index is 2800. The first-order valence-corrected chi connectivity index (χ1v) is 17.3. The van der Waals surface area contributed by atoms with E-state index >= 15 is 0 Å². The highest BCUT2D eigenvalue weighted by Crippen LogP contribution is 2.53. The van der Waals surface area contributed by atoms with E-state index in [1.54, 1.807) is 0 Å². The van der Waals surface area contributed by atoms with E-state index in [9.17, 15) is 0 Å². The van der Waals surface area contributed by atoms with E-state index < -0.39 is 0 Å². The van der Waals surface area contributed by atoms with Gasteiger partial charge in [-0.05, 0) is 117 Å². The lowest BCUT2D eigenvalue weighted by molar-refractivity contribution is 0.661. The molecule has 0 heteroatoms. The molecule has 0 aromatic heterocycles. The zero-order valence-electron chi connectivity index (χ0n) is 27.7. The third kappa shape index (κ3) is 4.11. The maximum Gasteiger partial charge on any atom is 0.0159 e. The Morgan fingerprint density at radius 1 is 0.306 bits per heavy atom. The molecule has 9 aromatic carbocycles. The van der Waals surface area contributed by atoms with Crippen molar-refractivity contribution in [2.45, 2.75) is 19.3 Å². The van der Waals surface area contributed by atoms with Crippen LogP contribution >= 0.6 is 0 Å². The van der Waals surface area contributed by atoms with E-state index in [0.717, 1.165) is 0 Å². The summed E-state index contributed by atoms with van der Waals surface area (Å²) >= 11 is 0. The van der Waals surface area contributed by atoms with Crippen LogP contribution in [0.2, 0.25) is 0 Å². The van der Waals surface area contributed by atoms with E-state index in [-0.39, 0.29) is 5.41 Å². The van der Waals surface area contributed by atoms with Crippen LogP contribution in [0.3, 0.4) is 0 Å². The molecule has 0 N–H and O–H groups in total. The van der Waals surface area contributed by atoms with Crippen molar-refractivity contribution in [2.24, 2.45) is 0 Å². The van der Waals surface area contributed by atoms with Gasteiger partial charge in [0, 0.05) is 5.41 Å². The smallest absolute Gasteiger partial charge is 0.0159 e. The molecule has 0 amide bonds. The van der Waals surface area contributed by atoms with Gasteiger partial charge in [0.25, 0.3) is 0 Å². The Kier molecular flexibility index (Phi) is 6.02. The molecule has 1 aliphatic rings. The SMILES string of the molecule is CC1(C)c2ccccc2-c2c1cc(-c1ccccc1-c1cccc(-c3c4ccccc4cc4c3ccc3ccccc34)c1)c1ccccc21.